The van der Waals surface area contributed by atoms with Crippen molar-refractivity contribution in [1.82, 2.24) is 0 Å². The van der Waals surface area contributed by atoms with Crippen molar-refractivity contribution in [3.8, 4) is 5.75 Å². The third-order valence-corrected chi connectivity index (χ3v) is 4.28. The molecular formula is C13H18ClNO5S. The topological polar surface area (TPSA) is 86.5 Å². The van der Waals surface area contributed by atoms with Gasteiger partial charge in [0.2, 0.25) is 9.05 Å². The number of hydrogen-bond acceptors (Lipinski definition) is 5. The summed E-state index contributed by atoms with van der Waals surface area (Å²) in [4.78, 5) is 10.2. The van der Waals surface area contributed by atoms with Gasteiger partial charge in [-0.1, -0.05) is 26.8 Å². The monoisotopic (exact) mass is 335 g/mol. The van der Waals surface area contributed by atoms with Crippen LogP contribution in [0.25, 0.3) is 0 Å². The lowest BCUT2D eigenvalue weighted by Crippen LogP contribution is -2.31. The zero-order valence-corrected chi connectivity index (χ0v) is 13.6. The predicted molar refractivity (Wildman–Crippen MR) is 81.2 cm³/mol. The van der Waals surface area contributed by atoms with Gasteiger partial charge in [0.1, 0.15) is 5.75 Å². The lowest BCUT2D eigenvalue weighted by Gasteiger charge is -2.29. The van der Waals surface area contributed by atoms with E-state index in [-0.39, 0.29) is 29.4 Å². The molecule has 1 aromatic carbocycles. The molecule has 0 heterocycles. The Labute approximate surface area is 128 Å². The molecule has 1 atom stereocenters. The first kappa shape index (κ1) is 17.7. The third-order valence-electron chi connectivity index (χ3n) is 3.10. The van der Waals surface area contributed by atoms with Crippen LogP contribution in [0.4, 0.5) is 5.69 Å². The van der Waals surface area contributed by atoms with E-state index in [1.165, 1.54) is 18.2 Å². The van der Waals surface area contributed by atoms with Crippen LogP contribution < -0.4 is 4.74 Å². The SMILES string of the molecule is CC(C)(C)C(COc1cccc([N+](=O)[O-])c1)CS(=O)(=O)Cl. The number of nitro benzene ring substituents is 1. The second-order valence-corrected chi connectivity index (χ2v) is 8.66. The van der Waals surface area contributed by atoms with Gasteiger partial charge in [-0.05, 0) is 11.5 Å². The van der Waals surface area contributed by atoms with E-state index < -0.39 is 14.0 Å². The molecule has 0 bridgehead atoms. The molecule has 0 aliphatic rings. The molecule has 1 unspecified atom stereocenters. The molecule has 0 amide bonds. The van der Waals surface area contributed by atoms with E-state index in [9.17, 15) is 18.5 Å². The van der Waals surface area contributed by atoms with Gasteiger partial charge in [-0.3, -0.25) is 10.1 Å². The van der Waals surface area contributed by atoms with Crippen molar-refractivity contribution < 1.29 is 18.1 Å². The molecule has 0 spiro atoms. The number of ether oxygens (including phenoxy) is 1. The summed E-state index contributed by atoms with van der Waals surface area (Å²) in [6.07, 6.45) is 0. The average molecular weight is 336 g/mol. The first-order valence-corrected chi connectivity index (χ1v) is 8.76. The molecule has 118 valence electrons. The van der Waals surface area contributed by atoms with Gasteiger partial charge in [0.05, 0.1) is 23.3 Å². The maximum Gasteiger partial charge on any atom is 0.273 e. The number of benzene rings is 1. The van der Waals surface area contributed by atoms with E-state index in [4.69, 9.17) is 15.4 Å². The molecule has 0 N–H and O–H groups in total. The predicted octanol–water partition coefficient (Wildman–Crippen LogP) is 3.20. The van der Waals surface area contributed by atoms with Crippen LogP contribution in [0.15, 0.2) is 24.3 Å². The number of nitro groups is 1. The Morgan fingerprint density at radius 2 is 2.00 bits per heavy atom. The van der Waals surface area contributed by atoms with Gasteiger partial charge in [0.25, 0.3) is 5.69 Å². The van der Waals surface area contributed by atoms with Gasteiger partial charge in [0, 0.05) is 22.7 Å². The molecular weight excluding hydrogens is 318 g/mol. The van der Waals surface area contributed by atoms with Crippen molar-refractivity contribution >= 4 is 25.4 Å². The molecule has 8 heteroatoms. The molecule has 0 aliphatic carbocycles. The molecule has 0 aromatic heterocycles. The summed E-state index contributed by atoms with van der Waals surface area (Å²) in [6, 6.07) is 5.76. The third kappa shape index (κ3) is 6.31. The molecule has 1 rings (SSSR count). The quantitative estimate of drug-likeness (QED) is 0.452. The highest BCUT2D eigenvalue weighted by atomic mass is 35.7. The Hall–Kier alpha value is -1.34. The van der Waals surface area contributed by atoms with Crippen LogP contribution in [0.5, 0.6) is 5.75 Å². The molecule has 0 radical (unpaired) electrons. The van der Waals surface area contributed by atoms with Gasteiger partial charge in [-0.15, -0.1) is 0 Å². The average Bonchev–Trinajstić information content (AvgIpc) is 2.32. The van der Waals surface area contributed by atoms with Crippen LogP contribution in [0.3, 0.4) is 0 Å². The maximum atomic E-state index is 11.3. The number of hydrogen-bond donors (Lipinski definition) is 0. The van der Waals surface area contributed by atoms with Crippen molar-refractivity contribution in [3.63, 3.8) is 0 Å². The summed E-state index contributed by atoms with van der Waals surface area (Å²) in [5.41, 5.74) is -0.410. The Morgan fingerprint density at radius 3 is 2.48 bits per heavy atom. The largest absolute Gasteiger partial charge is 0.493 e. The highest BCUT2D eigenvalue weighted by Gasteiger charge is 2.29. The normalized spacial score (nSPS) is 13.7. The van der Waals surface area contributed by atoms with Crippen LogP contribution in [0.1, 0.15) is 20.8 Å². The van der Waals surface area contributed by atoms with Crippen molar-refractivity contribution in [2.45, 2.75) is 20.8 Å². The Morgan fingerprint density at radius 1 is 1.38 bits per heavy atom. The maximum absolute atomic E-state index is 11.3. The van der Waals surface area contributed by atoms with Crippen molar-refractivity contribution in [3.05, 3.63) is 34.4 Å². The highest BCUT2D eigenvalue weighted by Crippen LogP contribution is 2.29. The second kappa shape index (κ2) is 6.62. The molecule has 6 nitrogen and oxygen atoms in total. The first-order chi connectivity index (χ1) is 9.49. The van der Waals surface area contributed by atoms with Gasteiger partial charge >= 0.3 is 0 Å². The zero-order chi connectivity index (χ0) is 16.3. The van der Waals surface area contributed by atoms with Gasteiger partial charge in [0.15, 0.2) is 0 Å². The van der Waals surface area contributed by atoms with Crippen molar-refractivity contribution in [2.75, 3.05) is 12.4 Å². The Bertz CT molecular complexity index is 609. The molecule has 0 saturated heterocycles. The van der Waals surface area contributed by atoms with E-state index in [1.54, 1.807) is 6.07 Å². The smallest absolute Gasteiger partial charge is 0.273 e. The lowest BCUT2D eigenvalue weighted by atomic mass is 9.82. The molecule has 0 fully saturated rings. The minimum atomic E-state index is -3.65. The summed E-state index contributed by atoms with van der Waals surface area (Å²) < 4.78 is 28.0. The number of rotatable bonds is 6. The number of non-ortho nitro benzene ring substituents is 1. The van der Waals surface area contributed by atoms with Crippen LogP contribution in [0, 0.1) is 21.4 Å². The fraction of sp³-hybridized carbons (Fsp3) is 0.538. The molecule has 21 heavy (non-hydrogen) atoms. The number of nitrogens with zero attached hydrogens (tertiary/aromatic N) is 1. The lowest BCUT2D eigenvalue weighted by molar-refractivity contribution is -0.384. The number of halogens is 1. The summed E-state index contributed by atoms with van der Waals surface area (Å²) in [5.74, 6) is -0.225. The van der Waals surface area contributed by atoms with Gasteiger partial charge in [-0.25, -0.2) is 8.42 Å². The van der Waals surface area contributed by atoms with E-state index in [0.29, 0.717) is 5.75 Å². The fourth-order valence-electron chi connectivity index (χ4n) is 1.67. The standard InChI is InChI=1S/C13H18ClNO5S/c1-13(2,3)10(9-21(14,18)19)8-20-12-6-4-5-11(7-12)15(16)17/h4-7,10H,8-9H2,1-3H3. The van der Waals surface area contributed by atoms with Gasteiger partial charge in [-0.2, -0.15) is 0 Å². The second-order valence-electron chi connectivity index (χ2n) is 5.83. The minimum absolute atomic E-state index is 0.0789. The van der Waals surface area contributed by atoms with E-state index in [2.05, 4.69) is 0 Å². The molecule has 0 saturated carbocycles. The van der Waals surface area contributed by atoms with Crippen LogP contribution >= 0.6 is 10.7 Å². The van der Waals surface area contributed by atoms with E-state index in [0.717, 1.165) is 0 Å². The highest BCUT2D eigenvalue weighted by molar-refractivity contribution is 8.13. The zero-order valence-electron chi connectivity index (χ0n) is 12.1. The summed E-state index contributed by atoms with van der Waals surface area (Å²) in [7, 11) is 1.66. The van der Waals surface area contributed by atoms with Crippen molar-refractivity contribution in [2.24, 2.45) is 11.3 Å². The molecule has 1 aromatic rings. The minimum Gasteiger partial charge on any atom is -0.493 e. The first-order valence-electron chi connectivity index (χ1n) is 6.28. The van der Waals surface area contributed by atoms with Gasteiger partial charge < -0.3 is 4.74 Å². The fourth-order valence-corrected chi connectivity index (χ4v) is 3.21. The molecule has 0 aliphatic heterocycles. The van der Waals surface area contributed by atoms with Crippen LogP contribution in [-0.2, 0) is 9.05 Å². The van der Waals surface area contributed by atoms with E-state index in [1.807, 2.05) is 20.8 Å². The van der Waals surface area contributed by atoms with Crippen LogP contribution in [0.2, 0.25) is 0 Å². The van der Waals surface area contributed by atoms with E-state index >= 15 is 0 Å². The summed E-state index contributed by atoms with van der Waals surface area (Å²) in [5, 5.41) is 10.7. The van der Waals surface area contributed by atoms with Crippen molar-refractivity contribution in [1.29, 1.82) is 0 Å². The summed E-state index contributed by atoms with van der Waals surface area (Å²) >= 11 is 0. The Kier molecular flexibility index (Phi) is 5.58. The van der Waals surface area contributed by atoms with Crippen LogP contribution in [-0.4, -0.2) is 25.7 Å². The Balaban J connectivity index is 2.82. The summed E-state index contributed by atoms with van der Waals surface area (Å²) in [6.45, 7) is 5.76.